The maximum Gasteiger partial charge on any atom is 0.167 e. The van der Waals surface area contributed by atoms with E-state index in [1.807, 2.05) is 42.9 Å². The summed E-state index contributed by atoms with van der Waals surface area (Å²) in [5.41, 5.74) is 3.06. The first-order valence-electron chi connectivity index (χ1n) is 8.46. The summed E-state index contributed by atoms with van der Waals surface area (Å²) in [4.78, 5) is 15.2. The van der Waals surface area contributed by atoms with Crippen LogP contribution >= 0.6 is 0 Å². The molecule has 1 aromatic carbocycles. The summed E-state index contributed by atoms with van der Waals surface area (Å²) in [7, 11) is 3.57. The Hall–Kier alpha value is -2.14. The van der Waals surface area contributed by atoms with Crippen LogP contribution < -0.4 is 4.74 Å². The van der Waals surface area contributed by atoms with Gasteiger partial charge in [-0.1, -0.05) is 12.1 Å². The SMILES string of the molecule is COc1cccc(C(=O)[C@H]2CCCN(Cc3cn(C)nc3C)C2)c1. The first-order chi connectivity index (χ1) is 11.6. The van der Waals surface area contributed by atoms with Gasteiger partial charge >= 0.3 is 0 Å². The van der Waals surface area contributed by atoms with Crippen molar-refractivity contribution in [2.75, 3.05) is 20.2 Å². The van der Waals surface area contributed by atoms with Gasteiger partial charge in [-0.2, -0.15) is 5.10 Å². The highest BCUT2D eigenvalue weighted by molar-refractivity contribution is 5.98. The van der Waals surface area contributed by atoms with Gasteiger partial charge in [0.05, 0.1) is 12.8 Å². The Kier molecular flexibility index (Phi) is 5.00. The quantitative estimate of drug-likeness (QED) is 0.792. The topological polar surface area (TPSA) is 47.4 Å². The van der Waals surface area contributed by atoms with Gasteiger partial charge < -0.3 is 4.74 Å². The highest BCUT2D eigenvalue weighted by Crippen LogP contribution is 2.24. The van der Waals surface area contributed by atoms with Crippen molar-refractivity contribution >= 4 is 5.78 Å². The monoisotopic (exact) mass is 327 g/mol. The van der Waals surface area contributed by atoms with Crippen molar-refractivity contribution in [3.63, 3.8) is 0 Å². The second-order valence-electron chi connectivity index (χ2n) is 6.58. The number of carbonyl (C=O) groups excluding carboxylic acids is 1. The molecule has 1 aromatic heterocycles. The molecule has 5 heteroatoms. The predicted octanol–water partition coefficient (Wildman–Crippen LogP) is 2.83. The van der Waals surface area contributed by atoms with Crippen molar-refractivity contribution in [2.45, 2.75) is 26.3 Å². The molecule has 128 valence electrons. The molecule has 1 fully saturated rings. The Bertz CT molecular complexity index is 723. The van der Waals surface area contributed by atoms with Crippen LogP contribution in [-0.2, 0) is 13.6 Å². The summed E-state index contributed by atoms with van der Waals surface area (Å²) >= 11 is 0. The summed E-state index contributed by atoms with van der Waals surface area (Å²) in [6.45, 7) is 4.75. The van der Waals surface area contributed by atoms with Gasteiger partial charge in [-0.3, -0.25) is 14.4 Å². The third-order valence-corrected chi connectivity index (χ3v) is 4.74. The number of hydrogen-bond acceptors (Lipinski definition) is 4. The van der Waals surface area contributed by atoms with E-state index in [9.17, 15) is 4.79 Å². The molecule has 2 aromatic rings. The number of rotatable bonds is 5. The number of methoxy groups -OCH3 is 1. The van der Waals surface area contributed by atoms with Gasteiger partial charge in [0.15, 0.2) is 5.78 Å². The van der Waals surface area contributed by atoms with Crippen LogP contribution in [0.25, 0.3) is 0 Å². The molecule has 0 radical (unpaired) electrons. The highest BCUT2D eigenvalue weighted by Gasteiger charge is 2.27. The Labute approximate surface area is 143 Å². The number of ketones is 1. The number of ether oxygens (including phenoxy) is 1. The molecule has 1 aliphatic rings. The summed E-state index contributed by atoms with van der Waals surface area (Å²) in [6, 6.07) is 7.47. The maximum atomic E-state index is 12.8. The van der Waals surface area contributed by atoms with Crippen LogP contribution in [0.1, 0.15) is 34.5 Å². The van der Waals surface area contributed by atoms with E-state index in [0.717, 1.165) is 49.5 Å². The first-order valence-corrected chi connectivity index (χ1v) is 8.46. The minimum atomic E-state index is 0.0582. The number of nitrogens with zero attached hydrogens (tertiary/aromatic N) is 3. The normalized spacial score (nSPS) is 18.5. The lowest BCUT2D eigenvalue weighted by Crippen LogP contribution is -2.38. The molecule has 0 saturated carbocycles. The average Bonchev–Trinajstić information content (AvgIpc) is 2.91. The van der Waals surface area contributed by atoms with E-state index in [4.69, 9.17) is 4.74 Å². The van der Waals surface area contributed by atoms with Crippen molar-refractivity contribution in [3.8, 4) is 5.75 Å². The van der Waals surface area contributed by atoms with Crippen molar-refractivity contribution in [3.05, 3.63) is 47.3 Å². The molecule has 24 heavy (non-hydrogen) atoms. The lowest BCUT2D eigenvalue weighted by atomic mass is 9.89. The summed E-state index contributed by atoms with van der Waals surface area (Å²) in [5.74, 6) is 1.02. The number of aromatic nitrogens is 2. The molecule has 3 rings (SSSR count). The zero-order valence-electron chi connectivity index (χ0n) is 14.7. The van der Waals surface area contributed by atoms with E-state index in [1.165, 1.54) is 5.56 Å². The zero-order chi connectivity index (χ0) is 17.1. The van der Waals surface area contributed by atoms with Crippen molar-refractivity contribution in [1.29, 1.82) is 0 Å². The van der Waals surface area contributed by atoms with Crippen molar-refractivity contribution in [2.24, 2.45) is 13.0 Å². The predicted molar refractivity (Wildman–Crippen MR) is 93.3 cm³/mol. The van der Waals surface area contributed by atoms with Gasteiger partial charge in [0.1, 0.15) is 5.75 Å². The van der Waals surface area contributed by atoms with E-state index in [-0.39, 0.29) is 11.7 Å². The maximum absolute atomic E-state index is 12.8. The van der Waals surface area contributed by atoms with Crippen LogP contribution in [0.3, 0.4) is 0 Å². The van der Waals surface area contributed by atoms with E-state index >= 15 is 0 Å². The van der Waals surface area contributed by atoms with E-state index < -0.39 is 0 Å². The minimum Gasteiger partial charge on any atom is -0.497 e. The molecule has 1 aliphatic heterocycles. The molecule has 0 aliphatic carbocycles. The van der Waals surface area contributed by atoms with Gasteiger partial charge in [-0.25, -0.2) is 0 Å². The molecule has 5 nitrogen and oxygen atoms in total. The Balaban J connectivity index is 1.68. The second kappa shape index (κ2) is 7.18. The van der Waals surface area contributed by atoms with Gasteiger partial charge in [0, 0.05) is 43.4 Å². The van der Waals surface area contributed by atoms with Gasteiger partial charge in [0.25, 0.3) is 0 Å². The molecule has 1 atom stereocenters. The summed E-state index contributed by atoms with van der Waals surface area (Å²) in [5, 5.41) is 4.41. The number of carbonyl (C=O) groups is 1. The highest BCUT2D eigenvalue weighted by atomic mass is 16.5. The fraction of sp³-hybridized carbons (Fsp3) is 0.474. The van der Waals surface area contributed by atoms with Crippen LogP contribution in [0, 0.1) is 12.8 Å². The minimum absolute atomic E-state index is 0.0582. The van der Waals surface area contributed by atoms with Gasteiger partial charge in [-0.15, -0.1) is 0 Å². The number of likely N-dealkylation sites (tertiary alicyclic amines) is 1. The second-order valence-corrected chi connectivity index (χ2v) is 6.58. The third-order valence-electron chi connectivity index (χ3n) is 4.74. The van der Waals surface area contributed by atoms with E-state index in [0.29, 0.717) is 0 Å². The zero-order valence-corrected chi connectivity index (χ0v) is 14.7. The third kappa shape index (κ3) is 3.67. The molecular formula is C19H25N3O2. The molecule has 1 saturated heterocycles. The summed E-state index contributed by atoms with van der Waals surface area (Å²) < 4.78 is 7.09. The number of benzene rings is 1. The lowest BCUT2D eigenvalue weighted by Gasteiger charge is -2.31. The number of aryl methyl sites for hydroxylation is 2. The Morgan fingerprint density at radius 3 is 2.96 bits per heavy atom. The Morgan fingerprint density at radius 2 is 2.25 bits per heavy atom. The summed E-state index contributed by atoms with van der Waals surface area (Å²) in [6.07, 6.45) is 4.08. The largest absolute Gasteiger partial charge is 0.497 e. The molecule has 0 N–H and O–H groups in total. The van der Waals surface area contributed by atoms with Gasteiger partial charge in [0.2, 0.25) is 0 Å². The van der Waals surface area contributed by atoms with Crippen LogP contribution in [0.4, 0.5) is 0 Å². The molecule has 0 spiro atoms. The number of hydrogen-bond donors (Lipinski definition) is 0. The van der Waals surface area contributed by atoms with Crippen LogP contribution in [0.2, 0.25) is 0 Å². The number of piperidine rings is 1. The van der Waals surface area contributed by atoms with Crippen molar-refractivity contribution in [1.82, 2.24) is 14.7 Å². The van der Waals surface area contributed by atoms with E-state index in [1.54, 1.807) is 7.11 Å². The molecule has 0 amide bonds. The fourth-order valence-electron chi connectivity index (χ4n) is 3.47. The molecule has 0 bridgehead atoms. The number of Topliss-reactive ketones (excluding diaryl/α,β-unsaturated/α-hetero) is 1. The van der Waals surface area contributed by atoms with Crippen LogP contribution in [-0.4, -0.2) is 40.7 Å². The smallest absolute Gasteiger partial charge is 0.167 e. The van der Waals surface area contributed by atoms with Crippen LogP contribution in [0.15, 0.2) is 30.5 Å². The van der Waals surface area contributed by atoms with Gasteiger partial charge in [-0.05, 0) is 38.4 Å². The standard InChI is InChI=1S/C19H25N3O2/c1-14-17(11-21(2)20-14)13-22-9-5-7-16(12-22)19(23)15-6-4-8-18(10-15)24-3/h4,6,8,10-11,16H,5,7,9,12-13H2,1-3H3/t16-/m0/s1. The van der Waals surface area contributed by atoms with Crippen LogP contribution in [0.5, 0.6) is 5.75 Å². The molecule has 0 unspecified atom stereocenters. The molecular weight excluding hydrogens is 302 g/mol. The average molecular weight is 327 g/mol. The van der Waals surface area contributed by atoms with E-state index in [2.05, 4.69) is 16.2 Å². The Morgan fingerprint density at radius 1 is 1.42 bits per heavy atom. The molecule has 2 heterocycles. The first kappa shape index (κ1) is 16.7. The lowest BCUT2D eigenvalue weighted by molar-refractivity contribution is 0.0811. The fourth-order valence-corrected chi connectivity index (χ4v) is 3.47. The van der Waals surface area contributed by atoms with Crippen molar-refractivity contribution < 1.29 is 9.53 Å².